The highest BCUT2D eigenvalue weighted by Gasteiger charge is 2.87. The second kappa shape index (κ2) is 10.7. The quantitative estimate of drug-likeness (QED) is 0.154. The van der Waals surface area contributed by atoms with Gasteiger partial charge in [0.15, 0.2) is 17.9 Å². The Morgan fingerprint density at radius 3 is 2.14 bits per heavy atom. The molecule has 0 unspecified atom stereocenters. The van der Waals surface area contributed by atoms with E-state index in [9.17, 15) is 35.1 Å². The Hall–Kier alpha value is -1.22. The van der Waals surface area contributed by atoms with E-state index in [2.05, 4.69) is 27.7 Å². The summed E-state index contributed by atoms with van der Waals surface area (Å²) < 4.78 is 30.8. The van der Waals surface area contributed by atoms with Crippen LogP contribution in [0.2, 0.25) is 0 Å². The number of Topliss-reactive ketones (excluding diaryl/α,β-unsaturated/α-hetero) is 1. The monoisotopic (exact) mass is 706 g/mol. The molecule has 5 saturated carbocycles. The van der Waals surface area contributed by atoms with Gasteiger partial charge >= 0.3 is 5.97 Å². The van der Waals surface area contributed by atoms with Gasteiger partial charge in [-0.1, -0.05) is 34.6 Å². The topological polar surface area (TPSA) is 185 Å². The molecule has 0 aromatic heterocycles. The fraction of sp³-hybridized carbons (Fsp3) is 0.947. The molecular weight excluding hydrogens is 648 g/mol. The average Bonchev–Trinajstić information content (AvgIpc) is 3.83. The maximum Gasteiger partial charge on any atom is 0.302 e. The molecule has 5 N–H and O–H groups in total. The summed E-state index contributed by atoms with van der Waals surface area (Å²) in [6.07, 6.45) is -3.32. The lowest BCUT2D eigenvalue weighted by Crippen LogP contribution is -2.64. The summed E-state index contributed by atoms with van der Waals surface area (Å²) in [6, 6.07) is 0. The molecule has 0 bridgehead atoms. The number of rotatable bonds is 6. The van der Waals surface area contributed by atoms with Crippen molar-refractivity contribution in [1.82, 2.24) is 0 Å². The Labute approximate surface area is 294 Å². The lowest BCUT2D eigenvalue weighted by molar-refractivity contribution is -0.327. The standard InChI is InChI=1S/C38H58O12/c1-17-28(27(44)30-33(5,6)50-30)49-38(45)15-34(7)21-10-9-20-32(3,4)22(48-31-26(43)25(42)24(41)19(14-39)47-31)11-12-36(20)16-37(21,36)13-23(46-18(2)40)35(34,8)29(17)38/h17,19-26,28-31,39,41-43,45H,9-16H2,1-8H3/t17-,19-,20+,21+,22+,23-,24+,25+,26-,28+,29-,30+,31+,34+,35-,36-,37+,38+/m1/s1. The maximum absolute atomic E-state index is 13.6. The van der Waals surface area contributed by atoms with Crippen LogP contribution in [0.1, 0.15) is 100 Å². The molecule has 0 aromatic carbocycles. The number of aliphatic hydroxyl groups is 5. The molecule has 8 rings (SSSR count). The molecule has 282 valence electrons. The first-order valence-corrected chi connectivity index (χ1v) is 18.9. The van der Waals surface area contributed by atoms with E-state index in [0.29, 0.717) is 19.3 Å². The zero-order valence-electron chi connectivity index (χ0n) is 30.8. The van der Waals surface area contributed by atoms with Crippen LogP contribution in [-0.4, -0.2) is 110 Å². The Morgan fingerprint density at radius 1 is 0.860 bits per heavy atom. The number of fused-ring (bicyclic) bond motifs is 4. The molecule has 18 atom stereocenters. The van der Waals surface area contributed by atoms with Crippen LogP contribution in [0.25, 0.3) is 0 Å². The number of carbonyl (C=O) groups excluding carboxylic acids is 2. The minimum atomic E-state index is -1.54. The van der Waals surface area contributed by atoms with Crippen molar-refractivity contribution < 1.29 is 58.8 Å². The Morgan fingerprint density at radius 2 is 1.52 bits per heavy atom. The predicted octanol–water partition coefficient (Wildman–Crippen LogP) is 2.23. The third-order valence-corrected chi connectivity index (χ3v) is 16.5. The van der Waals surface area contributed by atoms with E-state index in [1.807, 2.05) is 20.8 Å². The summed E-state index contributed by atoms with van der Waals surface area (Å²) in [7, 11) is 0. The fourth-order valence-electron chi connectivity index (χ4n) is 14.2. The maximum atomic E-state index is 13.6. The average molecular weight is 707 g/mol. The largest absolute Gasteiger partial charge is 0.462 e. The highest BCUT2D eigenvalue weighted by molar-refractivity contribution is 5.91. The molecular formula is C38H58O12. The van der Waals surface area contributed by atoms with Crippen molar-refractivity contribution in [2.24, 2.45) is 50.7 Å². The molecule has 3 aliphatic heterocycles. The number of carbonyl (C=O) groups is 2. The van der Waals surface area contributed by atoms with E-state index in [0.717, 1.165) is 25.7 Å². The number of epoxide rings is 1. The van der Waals surface area contributed by atoms with E-state index >= 15 is 0 Å². The van der Waals surface area contributed by atoms with Crippen molar-refractivity contribution in [3.05, 3.63) is 0 Å². The van der Waals surface area contributed by atoms with Crippen LogP contribution < -0.4 is 0 Å². The summed E-state index contributed by atoms with van der Waals surface area (Å²) >= 11 is 0. The predicted molar refractivity (Wildman–Crippen MR) is 175 cm³/mol. The lowest BCUT2D eigenvalue weighted by Gasteiger charge is -2.64. The Bertz CT molecular complexity index is 1450. The molecule has 2 spiro atoms. The van der Waals surface area contributed by atoms with Crippen molar-refractivity contribution in [2.75, 3.05) is 6.61 Å². The van der Waals surface area contributed by atoms with Gasteiger partial charge in [0.2, 0.25) is 0 Å². The summed E-state index contributed by atoms with van der Waals surface area (Å²) in [5.41, 5.74) is -2.12. The van der Waals surface area contributed by atoms with Crippen LogP contribution in [0.5, 0.6) is 0 Å². The first-order valence-electron chi connectivity index (χ1n) is 18.9. The van der Waals surface area contributed by atoms with Gasteiger partial charge in [-0.05, 0) is 91.8 Å². The minimum Gasteiger partial charge on any atom is -0.462 e. The van der Waals surface area contributed by atoms with Crippen molar-refractivity contribution in [1.29, 1.82) is 0 Å². The Balaban J connectivity index is 1.09. The minimum absolute atomic E-state index is 0.0302. The van der Waals surface area contributed by atoms with Crippen molar-refractivity contribution in [3.8, 4) is 0 Å². The van der Waals surface area contributed by atoms with Gasteiger partial charge in [-0.2, -0.15) is 0 Å². The second-order valence-corrected chi connectivity index (χ2v) is 19.3. The zero-order valence-corrected chi connectivity index (χ0v) is 30.8. The van der Waals surface area contributed by atoms with E-state index in [4.69, 9.17) is 23.7 Å². The second-order valence-electron chi connectivity index (χ2n) is 19.3. The lowest BCUT2D eigenvalue weighted by atomic mass is 9.41. The van der Waals surface area contributed by atoms with E-state index in [1.165, 1.54) is 6.92 Å². The molecule has 3 heterocycles. The van der Waals surface area contributed by atoms with Crippen LogP contribution in [0, 0.1) is 50.7 Å². The van der Waals surface area contributed by atoms with Crippen molar-refractivity contribution >= 4 is 11.8 Å². The van der Waals surface area contributed by atoms with Crippen molar-refractivity contribution in [2.45, 2.75) is 167 Å². The van der Waals surface area contributed by atoms with E-state index in [-0.39, 0.29) is 51.9 Å². The zero-order chi connectivity index (χ0) is 36.4. The van der Waals surface area contributed by atoms with Gasteiger partial charge in [0.25, 0.3) is 0 Å². The molecule has 0 aromatic rings. The van der Waals surface area contributed by atoms with Gasteiger partial charge in [0, 0.05) is 24.7 Å². The van der Waals surface area contributed by atoms with Crippen molar-refractivity contribution in [3.63, 3.8) is 0 Å². The first kappa shape index (κ1) is 35.8. The fourth-order valence-corrected chi connectivity index (χ4v) is 14.2. The number of ether oxygens (including phenoxy) is 5. The SMILES string of the molecule is CC(=O)O[C@@H]1C[C@@]23C[C@@]24CC[C@H](O[C@@H]2O[C@H](CO)[C@H](O)[C@H](O)[C@H]2O)C(C)(C)[C@@H]4CC[C@H]3[C@]2(C)C[C@]3(O)O[C@H](C(=O)[C@@H]4OC4(C)C)[C@@H](C)[C@@H]3[C@@]12C. The summed E-state index contributed by atoms with van der Waals surface area (Å²) in [4.78, 5) is 26.5. The first-order chi connectivity index (χ1) is 23.1. The van der Waals surface area contributed by atoms with Gasteiger partial charge in [-0.15, -0.1) is 0 Å². The van der Waals surface area contributed by atoms with E-state index in [1.54, 1.807) is 0 Å². The molecule has 8 aliphatic rings. The van der Waals surface area contributed by atoms with Gasteiger partial charge in [0.1, 0.15) is 42.7 Å². The number of ketones is 1. The van der Waals surface area contributed by atoms with Gasteiger partial charge in [-0.3, -0.25) is 9.59 Å². The van der Waals surface area contributed by atoms with Crippen LogP contribution in [0.4, 0.5) is 0 Å². The molecule has 50 heavy (non-hydrogen) atoms. The highest BCUT2D eigenvalue weighted by atomic mass is 16.7. The van der Waals surface area contributed by atoms with Crippen LogP contribution in [0.15, 0.2) is 0 Å². The third-order valence-electron chi connectivity index (χ3n) is 16.5. The van der Waals surface area contributed by atoms with Crippen LogP contribution in [-0.2, 0) is 33.3 Å². The smallest absolute Gasteiger partial charge is 0.302 e. The molecule has 0 amide bonds. The summed E-state index contributed by atoms with van der Waals surface area (Å²) in [5.74, 6) is -2.24. The summed E-state index contributed by atoms with van der Waals surface area (Å²) in [6.45, 7) is 15.6. The van der Waals surface area contributed by atoms with Crippen LogP contribution in [0.3, 0.4) is 0 Å². The summed E-state index contributed by atoms with van der Waals surface area (Å²) in [5, 5.41) is 53.7. The number of hydrogen-bond donors (Lipinski definition) is 5. The highest BCUT2D eigenvalue weighted by Crippen LogP contribution is 2.90. The molecule has 3 saturated heterocycles. The molecule has 8 fully saturated rings. The molecule has 5 aliphatic carbocycles. The molecule has 12 heteroatoms. The third kappa shape index (κ3) is 4.31. The van der Waals surface area contributed by atoms with Crippen LogP contribution >= 0.6 is 0 Å². The van der Waals surface area contributed by atoms with Gasteiger partial charge in [-0.25, -0.2) is 0 Å². The molecule has 12 nitrogen and oxygen atoms in total. The number of esters is 1. The molecule has 0 radical (unpaired) electrons. The van der Waals surface area contributed by atoms with Gasteiger partial charge in [0.05, 0.1) is 18.3 Å². The van der Waals surface area contributed by atoms with Gasteiger partial charge < -0.3 is 49.2 Å². The number of hydrogen-bond acceptors (Lipinski definition) is 12. The Kier molecular flexibility index (Phi) is 7.67. The number of aliphatic hydroxyl groups excluding tert-OH is 4. The van der Waals surface area contributed by atoms with E-state index < -0.39 is 83.8 Å². The normalized spacial score (nSPS) is 58.1.